The molecule has 3 aliphatic carbocycles. The van der Waals surface area contributed by atoms with Gasteiger partial charge < -0.3 is 4.90 Å². The summed E-state index contributed by atoms with van der Waals surface area (Å²) in [5.41, 5.74) is 1.45. The molecule has 1 saturated heterocycles. The normalized spacial score (nSPS) is 29.0. The van der Waals surface area contributed by atoms with E-state index in [1.165, 1.54) is 0 Å². The van der Waals surface area contributed by atoms with E-state index in [-0.39, 0.29) is 23.7 Å². The minimum atomic E-state index is -2.95. The molecule has 1 aliphatic heterocycles. The molecule has 3 heterocycles. The number of aromatic nitrogens is 3. The number of nitrogens with one attached hydrogen (secondary N) is 1. The van der Waals surface area contributed by atoms with Crippen LogP contribution >= 0.6 is 0 Å². The van der Waals surface area contributed by atoms with Crippen molar-refractivity contribution in [2.45, 2.75) is 56.3 Å². The summed E-state index contributed by atoms with van der Waals surface area (Å²) in [7, 11) is 0. The van der Waals surface area contributed by atoms with Crippen LogP contribution in [0.1, 0.15) is 50.1 Å². The molecule has 6 rings (SSSR count). The summed E-state index contributed by atoms with van der Waals surface area (Å²) in [5, 5.41) is 6.73. The molecular weight excluding hydrogens is 442 g/mol. The fraction of sp³-hybridized carbons (Fsp3) is 0.636. The van der Waals surface area contributed by atoms with Gasteiger partial charge in [-0.15, -0.1) is 5.10 Å². The van der Waals surface area contributed by atoms with Gasteiger partial charge in [0.05, 0.1) is 0 Å². The quantitative estimate of drug-likeness (QED) is 0.702. The summed E-state index contributed by atoms with van der Waals surface area (Å²) >= 11 is 0. The summed E-state index contributed by atoms with van der Waals surface area (Å²) in [5.74, 6) is -9.22. The lowest BCUT2D eigenvalue weighted by Crippen LogP contribution is -2.60. The number of likely N-dealkylation sites (tertiary alicyclic amines) is 1. The number of hydrogen-bond donors (Lipinski definition) is 1. The molecule has 2 atom stereocenters. The molecular formula is C22H23F4N5O2. The molecule has 2 amide bonds. The van der Waals surface area contributed by atoms with E-state index in [1.807, 2.05) is 12.1 Å². The maximum Gasteiger partial charge on any atom is 0.260 e. The van der Waals surface area contributed by atoms with Crippen LogP contribution in [-0.4, -0.2) is 56.2 Å². The Morgan fingerprint density at radius 3 is 2.24 bits per heavy atom. The highest BCUT2D eigenvalue weighted by Gasteiger charge is 2.64. The third kappa shape index (κ3) is 3.47. The summed E-state index contributed by atoms with van der Waals surface area (Å²) in [6, 6.07) is 5.53. The Bertz CT molecular complexity index is 1150. The Labute approximate surface area is 186 Å². The van der Waals surface area contributed by atoms with E-state index in [1.54, 1.807) is 15.5 Å². The van der Waals surface area contributed by atoms with Crippen LogP contribution in [0, 0.1) is 17.3 Å². The number of halogens is 4. The van der Waals surface area contributed by atoms with Crippen LogP contribution < -0.4 is 5.32 Å². The van der Waals surface area contributed by atoms with Crippen molar-refractivity contribution >= 4 is 23.4 Å². The molecule has 11 heteroatoms. The molecule has 176 valence electrons. The Kier molecular flexibility index (Phi) is 4.21. The number of carbonyl (C=O) groups is 2. The zero-order valence-electron chi connectivity index (χ0n) is 17.7. The van der Waals surface area contributed by atoms with Gasteiger partial charge in [0.2, 0.25) is 17.8 Å². The summed E-state index contributed by atoms with van der Waals surface area (Å²) < 4.78 is 54.3. The van der Waals surface area contributed by atoms with Crippen molar-refractivity contribution < 1.29 is 27.2 Å². The summed E-state index contributed by atoms with van der Waals surface area (Å²) in [6.45, 7) is 1.08. The molecule has 3 saturated carbocycles. The van der Waals surface area contributed by atoms with Crippen LogP contribution in [0.4, 0.5) is 23.5 Å². The predicted octanol–water partition coefficient (Wildman–Crippen LogP) is 3.46. The number of rotatable bonds is 4. The smallest absolute Gasteiger partial charge is 0.260 e. The Balaban J connectivity index is 1.10. The number of fused-ring (bicyclic) bond motifs is 1. The Morgan fingerprint density at radius 2 is 1.64 bits per heavy atom. The van der Waals surface area contributed by atoms with Crippen LogP contribution in [0.2, 0.25) is 0 Å². The van der Waals surface area contributed by atoms with Crippen molar-refractivity contribution in [2.24, 2.45) is 17.3 Å². The minimum Gasteiger partial charge on any atom is -0.341 e. The first kappa shape index (κ1) is 20.9. The van der Waals surface area contributed by atoms with Crippen LogP contribution in [0.5, 0.6) is 0 Å². The van der Waals surface area contributed by atoms with Gasteiger partial charge in [0, 0.05) is 43.0 Å². The van der Waals surface area contributed by atoms with E-state index in [2.05, 4.69) is 15.4 Å². The van der Waals surface area contributed by atoms with E-state index < -0.39 is 41.9 Å². The van der Waals surface area contributed by atoms with Crippen LogP contribution in [-0.2, 0) is 9.59 Å². The summed E-state index contributed by atoms with van der Waals surface area (Å²) in [4.78, 5) is 30.0. The number of alkyl halides is 4. The summed E-state index contributed by atoms with van der Waals surface area (Å²) in [6.07, 6.45) is 2.70. The van der Waals surface area contributed by atoms with E-state index in [0.29, 0.717) is 18.7 Å². The third-order valence-corrected chi connectivity index (χ3v) is 7.72. The van der Waals surface area contributed by atoms with Crippen molar-refractivity contribution in [1.29, 1.82) is 0 Å². The zero-order valence-corrected chi connectivity index (χ0v) is 17.7. The second kappa shape index (κ2) is 6.66. The molecule has 0 aromatic carbocycles. The minimum absolute atomic E-state index is 0.00122. The Hall–Kier alpha value is -2.72. The van der Waals surface area contributed by atoms with E-state index in [9.17, 15) is 27.2 Å². The number of anilines is 1. The highest BCUT2D eigenvalue weighted by Crippen LogP contribution is 2.53. The molecule has 33 heavy (non-hydrogen) atoms. The second-order valence-electron chi connectivity index (χ2n) is 10.1. The topological polar surface area (TPSA) is 79.6 Å². The standard InChI is InChI=1S/C22H23F4N5O2/c23-21(24)8-13(21)17(32)28-19-27-16-3-1-2-15(31(16)29-19)12-4-6-20(7-5-12)10-30(11-20)18(33)14-9-22(14,25)26/h1-3,12-14H,4-11H2,(H,28,29,32)/t13-,14-/m1/s1. The van der Waals surface area contributed by atoms with Gasteiger partial charge in [-0.05, 0) is 37.8 Å². The van der Waals surface area contributed by atoms with Crippen LogP contribution in [0.15, 0.2) is 18.2 Å². The van der Waals surface area contributed by atoms with Crippen molar-refractivity contribution in [3.8, 4) is 0 Å². The van der Waals surface area contributed by atoms with Gasteiger partial charge in [-0.1, -0.05) is 6.07 Å². The molecule has 2 aromatic rings. The molecule has 7 nitrogen and oxygen atoms in total. The monoisotopic (exact) mass is 465 g/mol. The lowest BCUT2D eigenvalue weighted by molar-refractivity contribution is -0.149. The van der Waals surface area contributed by atoms with Gasteiger partial charge in [-0.25, -0.2) is 22.1 Å². The van der Waals surface area contributed by atoms with Crippen molar-refractivity contribution in [3.63, 3.8) is 0 Å². The maximum atomic E-state index is 13.2. The first-order valence-electron chi connectivity index (χ1n) is 11.3. The molecule has 0 unspecified atom stereocenters. The lowest BCUT2D eigenvalue weighted by atomic mass is 9.65. The van der Waals surface area contributed by atoms with Crippen LogP contribution in [0.25, 0.3) is 5.65 Å². The van der Waals surface area contributed by atoms with Crippen LogP contribution in [0.3, 0.4) is 0 Å². The van der Waals surface area contributed by atoms with Gasteiger partial charge in [0.15, 0.2) is 5.65 Å². The van der Waals surface area contributed by atoms with Gasteiger partial charge in [0.1, 0.15) is 11.8 Å². The van der Waals surface area contributed by atoms with Crippen molar-refractivity contribution in [2.75, 3.05) is 18.4 Å². The molecule has 4 fully saturated rings. The maximum absolute atomic E-state index is 13.2. The molecule has 1 spiro atoms. The molecule has 2 aromatic heterocycles. The van der Waals surface area contributed by atoms with Gasteiger partial charge in [0.25, 0.3) is 11.8 Å². The first-order chi connectivity index (χ1) is 15.6. The second-order valence-corrected chi connectivity index (χ2v) is 10.1. The lowest BCUT2D eigenvalue weighted by Gasteiger charge is -2.53. The fourth-order valence-electron chi connectivity index (χ4n) is 5.45. The van der Waals surface area contributed by atoms with Gasteiger partial charge in [-0.3, -0.25) is 14.9 Å². The fourth-order valence-corrected chi connectivity index (χ4v) is 5.45. The predicted molar refractivity (Wildman–Crippen MR) is 108 cm³/mol. The molecule has 4 aliphatic rings. The molecule has 1 N–H and O–H groups in total. The average Bonchev–Trinajstić information content (AvgIpc) is 3.51. The zero-order chi connectivity index (χ0) is 23.2. The molecule has 0 bridgehead atoms. The highest BCUT2D eigenvalue weighted by atomic mass is 19.3. The van der Waals surface area contributed by atoms with E-state index in [4.69, 9.17) is 0 Å². The SMILES string of the molecule is O=C(Nc1nc2cccc(C3CCC4(CC3)CN(C(=O)[C@H]3CC3(F)F)C4)n2n1)[C@H]1CC1(F)F. The first-order valence-corrected chi connectivity index (χ1v) is 11.3. The number of amides is 2. The number of carbonyl (C=O) groups excluding carboxylic acids is 2. The van der Waals surface area contributed by atoms with E-state index >= 15 is 0 Å². The highest BCUT2D eigenvalue weighted by molar-refractivity contribution is 5.94. The van der Waals surface area contributed by atoms with Gasteiger partial charge >= 0.3 is 0 Å². The molecule has 0 radical (unpaired) electrons. The largest absolute Gasteiger partial charge is 0.341 e. The number of hydrogen-bond acceptors (Lipinski definition) is 4. The van der Waals surface area contributed by atoms with Crippen molar-refractivity contribution in [3.05, 3.63) is 23.9 Å². The number of pyridine rings is 1. The average molecular weight is 465 g/mol. The number of nitrogens with zero attached hydrogens (tertiary/aromatic N) is 4. The van der Waals surface area contributed by atoms with Crippen molar-refractivity contribution in [1.82, 2.24) is 19.5 Å². The Morgan fingerprint density at radius 1 is 1.00 bits per heavy atom. The van der Waals surface area contributed by atoms with E-state index in [0.717, 1.165) is 31.4 Å². The van der Waals surface area contributed by atoms with Gasteiger partial charge in [-0.2, -0.15) is 4.98 Å². The third-order valence-electron chi connectivity index (χ3n) is 7.72.